The third-order valence-electron chi connectivity index (χ3n) is 6.50. The maximum atomic E-state index is 14.0. The van der Waals surface area contributed by atoms with Gasteiger partial charge in [0.2, 0.25) is 17.7 Å². The predicted octanol–water partition coefficient (Wildman–Crippen LogP) is 4.19. The van der Waals surface area contributed by atoms with Gasteiger partial charge in [-0.1, -0.05) is 61.9 Å². The number of ether oxygens (including phenoxy) is 1. The second-order valence-corrected chi connectivity index (χ2v) is 11.4. The van der Waals surface area contributed by atoms with Crippen molar-refractivity contribution in [3.05, 3.63) is 34.9 Å². The molecule has 2 unspecified atom stereocenters. The molecule has 4 N–H and O–H groups in total. The molecule has 0 radical (unpaired) electrons. The standard InChI is InChI=1S/C29H46N4O5/c1-7-8-14-33(27(36)23(18-24(30)34)32-28(37)38-29(4,5)6)25(21-16-19(2)15-20(3)17-21)26(35)31-22-12-10-9-11-13-22/h15-17,22-23,25H,7-14,18H2,1-6H3,(H2,30,34)(H,31,35)(H,32,37). The minimum absolute atomic E-state index is 0.0501. The van der Waals surface area contributed by atoms with Crippen LogP contribution in [-0.4, -0.2) is 52.9 Å². The van der Waals surface area contributed by atoms with Gasteiger partial charge in [-0.15, -0.1) is 0 Å². The van der Waals surface area contributed by atoms with Gasteiger partial charge >= 0.3 is 6.09 Å². The van der Waals surface area contributed by atoms with Gasteiger partial charge in [0.25, 0.3) is 0 Å². The fourth-order valence-electron chi connectivity index (χ4n) is 4.91. The van der Waals surface area contributed by atoms with Crippen molar-refractivity contribution in [3.63, 3.8) is 0 Å². The second-order valence-electron chi connectivity index (χ2n) is 11.4. The van der Waals surface area contributed by atoms with E-state index in [0.29, 0.717) is 12.0 Å². The average Bonchev–Trinajstić information content (AvgIpc) is 2.79. The number of hydrogen-bond donors (Lipinski definition) is 3. The minimum Gasteiger partial charge on any atom is -0.444 e. The number of amides is 4. The Morgan fingerprint density at radius 1 is 1.05 bits per heavy atom. The molecule has 2 atom stereocenters. The Hall–Kier alpha value is -3.10. The summed E-state index contributed by atoms with van der Waals surface area (Å²) in [7, 11) is 0. The summed E-state index contributed by atoms with van der Waals surface area (Å²) in [5.74, 6) is -1.56. The van der Waals surface area contributed by atoms with E-state index in [2.05, 4.69) is 10.6 Å². The van der Waals surface area contributed by atoms with E-state index in [1.54, 1.807) is 20.8 Å². The van der Waals surface area contributed by atoms with Gasteiger partial charge in [-0.3, -0.25) is 14.4 Å². The lowest BCUT2D eigenvalue weighted by Crippen LogP contribution is -2.55. The number of rotatable bonds is 11. The molecule has 1 aromatic carbocycles. The van der Waals surface area contributed by atoms with E-state index in [1.165, 1.54) is 4.90 Å². The zero-order valence-corrected chi connectivity index (χ0v) is 23.9. The molecular formula is C29H46N4O5. The molecule has 4 amide bonds. The molecule has 212 valence electrons. The van der Waals surface area contributed by atoms with Crippen molar-refractivity contribution < 1.29 is 23.9 Å². The Kier molecular flexibility index (Phi) is 11.6. The summed E-state index contributed by atoms with van der Waals surface area (Å²) in [5.41, 5.74) is 7.30. The fourth-order valence-corrected chi connectivity index (χ4v) is 4.91. The number of carbonyl (C=O) groups is 4. The topological polar surface area (TPSA) is 131 Å². The van der Waals surface area contributed by atoms with Gasteiger partial charge < -0.3 is 26.0 Å². The molecular weight excluding hydrogens is 484 g/mol. The Morgan fingerprint density at radius 2 is 1.66 bits per heavy atom. The van der Waals surface area contributed by atoms with Crippen molar-refractivity contribution in [1.29, 1.82) is 0 Å². The van der Waals surface area contributed by atoms with Gasteiger partial charge in [0.1, 0.15) is 17.7 Å². The highest BCUT2D eigenvalue weighted by atomic mass is 16.6. The molecule has 0 saturated heterocycles. The lowest BCUT2D eigenvalue weighted by molar-refractivity contribution is -0.143. The summed E-state index contributed by atoms with van der Waals surface area (Å²) < 4.78 is 5.33. The van der Waals surface area contributed by atoms with E-state index in [0.717, 1.165) is 49.7 Å². The Morgan fingerprint density at radius 3 is 2.18 bits per heavy atom. The summed E-state index contributed by atoms with van der Waals surface area (Å²) in [6.07, 6.45) is 5.24. The van der Waals surface area contributed by atoms with E-state index < -0.39 is 42.0 Å². The molecule has 2 rings (SSSR count). The van der Waals surface area contributed by atoms with Crippen LogP contribution in [0.5, 0.6) is 0 Å². The van der Waals surface area contributed by atoms with Crippen LogP contribution >= 0.6 is 0 Å². The molecule has 1 aliphatic carbocycles. The number of nitrogens with two attached hydrogens (primary N) is 1. The van der Waals surface area contributed by atoms with Crippen molar-refractivity contribution in [2.45, 2.75) is 117 Å². The zero-order chi connectivity index (χ0) is 28.5. The molecule has 0 heterocycles. The highest BCUT2D eigenvalue weighted by molar-refractivity contribution is 5.94. The first-order valence-corrected chi connectivity index (χ1v) is 13.8. The quantitative estimate of drug-likeness (QED) is 0.395. The highest BCUT2D eigenvalue weighted by Crippen LogP contribution is 2.27. The predicted molar refractivity (Wildman–Crippen MR) is 147 cm³/mol. The highest BCUT2D eigenvalue weighted by Gasteiger charge is 2.37. The summed E-state index contributed by atoms with van der Waals surface area (Å²) in [6, 6.07) is 3.69. The molecule has 1 aromatic rings. The van der Waals surface area contributed by atoms with Crippen molar-refractivity contribution >= 4 is 23.8 Å². The summed E-state index contributed by atoms with van der Waals surface area (Å²) >= 11 is 0. The van der Waals surface area contributed by atoms with Crippen LogP contribution in [0.15, 0.2) is 18.2 Å². The van der Waals surface area contributed by atoms with Crippen molar-refractivity contribution in [2.75, 3.05) is 6.54 Å². The van der Waals surface area contributed by atoms with Crippen LogP contribution in [-0.2, 0) is 19.1 Å². The number of unbranched alkanes of at least 4 members (excludes halogenated alkanes) is 1. The normalized spacial score (nSPS) is 15.7. The number of aryl methyl sites for hydroxylation is 2. The summed E-state index contributed by atoms with van der Waals surface area (Å²) in [4.78, 5) is 53.9. The molecule has 38 heavy (non-hydrogen) atoms. The molecule has 9 heteroatoms. The van der Waals surface area contributed by atoms with E-state index in [1.807, 2.05) is 39.0 Å². The van der Waals surface area contributed by atoms with Gasteiger partial charge in [0, 0.05) is 12.6 Å². The minimum atomic E-state index is -1.27. The molecule has 1 aliphatic rings. The molecule has 0 spiro atoms. The number of nitrogens with one attached hydrogen (secondary N) is 2. The second kappa shape index (κ2) is 14.2. The van der Waals surface area contributed by atoms with E-state index in [4.69, 9.17) is 10.5 Å². The van der Waals surface area contributed by atoms with Crippen molar-refractivity contribution in [1.82, 2.24) is 15.5 Å². The van der Waals surface area contributed by atoms with Crippen LogP contribution in [0.25, 0.3) is 0 Å². The molecule has 9 nitrogen and oxygen atoms in total. The van der Waals surface area contributed by atoms with Crippen LogP contribution in [0.1, 0.15) is 102 Å². The molecule has 1 saturated carbocycles. The van der Waals surface area contributed by atoms with Crippen LogP contribution < -0.4 is 16.4 Å². The Labute approximate surface area is 227 Å². The monoisotopic (exact) mass is 530 g/mol. The lowest BCUT2D eigenvalue weighted by Gasteiger charge is -2.36. The van der Waals surface area contributed by atoms with Gasteiger partial charge in [-0.2, -0.15) is 0 Å². The first-order valence-electron chi connectivity index (χ1n) is 13.8. The number of benzene rings is 1. The van der Waals surface area contributed by atoms with E-state index >= 15 is 0 Å². The first kappa shape index (κ1) is 31.1. The van der Waals surface area contributed by atoms with E-state index in [9.17, 15) is 19.2 Å². The third-order valence-corrected chi connectivity index (χ3v) is 6.50. The van der Waals surface area contributed by atoms with Gasteiger partial charge in [0.15, 0.2) is 0 Å². The maximum absolute atomic E-state index is 14.0. The van der Waals surface area contributed by atoms with Crippen molar-refractivity contribution in [3.8, 4) is 0 Å². The van der Waals surface area contributed by atoms with Crippen LogP contribution in [0.2, 0.25) is 0 Å². The lowest BCUT2D eigenvalue weighted by atomic mass is 9.94. The van der Waals surface area contributed by atoms with Crippen LogP contribution in [0, 0.1) is 13.8 Å². The van der Waals surface area contributed by atoms with Gasteiger partial charge in [0.05, 0.1) is 6.42 Å². The SMILES string of the molecule is CCCCN(C(=O)C(CC(N)=O)NC(=O)OC(C)(C)C)C(C(=O)NC1CCCCC1)c1cc(C)cc(C)c1. The molecule has 0 aliphatic heterocycles. The van der Waals surface area contributed by atoms with Gasteiger partial charge in [-0.05, 0) is 59.4 Å². The zero-order valence-electron chi connectivity index (χ0n) is 23.9. The van der Waals surface area contributed by atoms with E-state index in [-0.39, 0.29) is 18.5 Å². The van der Waals surface area contributed by atoms with Crippen molar-refractivity contribution in [2.24, 2.45) is 5.73 Å². The molecule has 0 aromatic heterocycles. The number of alkyl carbamates (subject to hydrolysis) is 1. The maximum Gasteiger partial charge on any atom is 0.408 e. The summed E-state index contributed by atoms with van der Waals surface area (Å²) in [6.45, 7) is 11.3. The average molecular weight is 531 g/mol. The largest absolute Gasteiger partial charge is 0.444 e. The van der Waals surface area contributed by atoms with Gasteiger partial charge in [-0.25, -0.2) is 4.79 Å². The number of carbonyl (C=O) groups excluding carboxylic acids is 4. The van der Waals surface area contributed by atoms with Crippen LogP contribution in [0.4, 0.5) is 4.79 Å². The number of hydrogen-bond acceptors (Lipinski definition) is 5. The molecule has 0 bridgehead atoms. The third kappa shape index (κ3) is 9.99. The Bertz CT molecular complexity index is 961. The smallest absolute Gasteiger partial charge is 0.408 e. The first-order chi connectivity index (χ1) is 17.8. The molecule has 1 fully saturated rings. The summed E-state index contributed by atoms with van der Waals surface area (Å²) in [5, 5.41) is 5.71. The number of nitrogens with zero attached hydrogens (tertiary/aromatic N) is 1. The number of primary amides is 1. The Balaban J connectivity index is 2.50. The fraction of sp³-hybridized carbons (Fsp3) is 0.655. The van der Waals surface area contributed by atoms with Crippen LogP contribution in [0.3, 0.4) is 0 Å².